The van der Waals surface area contributed by atoms with Crippen molar-refractivity contribution in [3.8, 4) is 0 Å². The van der Waals surface area contributed by atoms with Gasteiger partial charge in [-0.25, -0.2) is 0 Å². The Hall–Kier alpha value is 1.39. The fourth-order valence-electron chi connectivity index (χ4n) is 3.75. The molecule has 0 saturated heterocycles. The van der Waals surface area contributed by atoms with Crippen LogP contribution in [0.15, 0.2) is 7.57 Å². The Morgan fingerprint density at radius 3 is 1.45 bits per heavy atom. The van der Waals surface area contributed by atoms with Crippen molar-refractivity contribution >= 4 is 49.5 Å². The zero-order valence-corrected chi connectivity index (χ0v) is 25.6. The molecule has 0 N–H and O–H groups in total. The maximum atomic E-state index is 14.0. The van der Waals surface area contributed by atoms with E-state index >= 15 is 0 Å². The van der Waals surface area contributed by atoms with Gasteiger partial charge in [0.15, 0.2) is 0 Å². The molecule has 0 rings (SSSR count). The van der Waals surface area contributed by atoms with Gasteiger partial charge >= 0.3 is 196 Å². The van der Waals surface area contributed by atoms with Gasteiger partial charge in [0, 0.05) is 0 Å². The fourth-order valence-corrected chi connectivity index (χ4v) is 33.3. The van der Waals surface area contributed by atoms with Crippen molar-refractivity contribution in [2.75, 3.05) is 24.7 Å². The molecule has 0 aliphatic rings. The molecule has 174 valence electrons. The zero-order chi connectivity index (χ0) is 22.2. The van der Waals surface area contributed by atoms with Crippen molar-refractivity contribution in [3.63, 3.8) is 0 Å². The topological polar surface area (TPSA) is 35.5 Å². The van der Waals surface area contributed by atoms with E-state index < -0.39 is 26.0 Å². The summed E-state index contributed by atoms with van der Waals surface area (Å²) in [5.41, 5.74) is 0. The Morgan fingerprint density at radius 2 is 1.14 bits per heavy atom. The van der Waals surface area contributed by atoms with Crippen LogP contribution < -0.4 is 0 Å². The Labute approximate surface area is 194 Å². The summed E-state index contributed by atoms with van der Waals surface area (Å²) in [7, 11) is -3.25. The molecule has 0 unspecified atom stereocenters. The summed E-state index contributed by atoms with van der Waals surface area (Å²) in [6.45, 7) is 16.0. The second-order valence-electron chi connectivity index (χ2n) is 7.42. The molecule has 0 atom stereocenters. The van der Waals surface area contributed by atoms with Crippen LogP contribution in [0.2, 0.25) is 13.3 Å². The molecular formula is C22H47O3PS2Sn. The molecule has 7 heteroatoms. The Balaban J connectivity index is 6.73. The molecule has 0 radical (unpaired) electrons. The summed E-state index contributed by atoms with van der Waals surface area (Å²) in [5.74, 6) is 1.94. The van der Waals surface area contributed by atoms with Crippen LogP contribution in [0.1, 0.15) is 87.0 Å². The van der Waals surface area contributed by atoms with Gasteiger partial charge in [0.1, 0.15) is 0 Å². The molecule has 0 aromatic heterocycles. The van der Waals surface area contributed by atoms with E-state index in [0.717, 1.165) is 16.2 Å². The summed E-state index contributed by atoms with van der Waals surface area (Å²) < 4.78 is 32.4. The van der Waals surface area contributed by atoms with Crippen molar-refractivity contribution in [1.82, 2.24) is 0 Å². The second-order valence-corrected chi connectivity index (χ2v) is 26.3. The molecule has 0 heterocycles. The minimum atomic E-state index is -3.25. The number of thioether (sulfide) groups is 2. The van der Waals surface area contributed by atoms with Crippen molar-refractivity contribution in [1.29, 1.82) is 0 Å². The van der Waals surface area contributed by atoms with E-state index in [4.69, 9.17) is 9.05 Å². The van der Waals surface area contributed by atoms with Crippen molar-refractivity contribution in [2.24, 2.45) is 0 Å². The van der Waals surface area contributed by atoms with Gasteiger partial charge in [-0.2, -0.15) is 0 Å². The average molecular weight is 573 g/mol. The standard InChI is InChI=1S/C10H20O3PS2.3C4H9.Sn/c1-5-12-14(11,13-6-2)10(16-8-4)9-15-7-3;3*1-3-4-2;/h5-8H2,1-4H3;3*1,3-4H2,2H3;. The number of rotatable bonds is 19. The number of hydrogen-bond acceptors (Lipinski definition) is 5. The van der Waals surface area contributed by atoms with Gasteiger partial charge in [0.05, 0.1) is 0 Å². The van der Waals surface area contributed by atoms with Gasteiger partial charge < -0.3 is 0 Å². The predicted octanol–water partition coefficient (Wildman–Crippen LogP) is 9.32. The molecule has 0 bridgehead atoms. The predicted molar refractivity (Wildman–Crippen MR) is 139 cm³/mol. The number of unbranched alkanes of at least 4 members (excludes halogenated alkanes) is 3. The molecule has 0 aromatic rings. The van der Waals surface area contributed by atoms with Crippen molar-refractivity contribution < 1.29 is 13.6 Å². The van der Waals surface area contributed by atoms with Crippen molar-refractivity contribution in [3.05, 3.63) is 7.57 Å². The molecule has 0 aromatic carbocycles. The van der Waals surface area contributed by atoms with E-state index in [9.17, 15) is 4.57 Å². The summed E-state index contributed by atoms with van der Waals surface area (Å²) >= 11 is 0.971. The van der Waals surface area contributed by atoms with Crippen LogP contribution in [-0.2, 0) is 13.6 Å². The van der Waals surface area contributed by atoms with E-state index in [2.05, 4.69) is 34.6 Å². The first-order chi connectivity index (χ1) is 13.9. The monoisotopic (exact) mass is 574 g/mol. The summed E-state index contributed by atoms with van der Waals surface area (Å²) in [6, 6.07) is 0. The van der Waals surface area contributed by atoms with E-state index in [0.29, 0.717) is 13.2 Å². The Morgan fingerprint density at radius 1 is 0.724 bits per heavy atom. The minimum absolute atomic E-state index is 0.427. The normalized spacial score (nSPS) is 13.6. The quantitative estimate of drug-likeness (QED) is 0.114. The molecular weight excluding hydrogens is 526 g/mol. The average Bonchev–Trinajstić information content (AvgIpc) is 2.71. The van der Waals surface area contributed by atoms with Gasteiger partial charge in [0.2, 0.25) is 0 Å². The molecule has 0 aliphatic carbocycles. The SMILES string of the molecule is CCC[CH2][Sn]([CH2]CCC)([CH2]CCC)/[C](SCC)=C(/SCC)P(=O)(OCC)OCC. The summed E-state index contributed by atoms with van der Waals surface area (Å²) in [5, 5.41) is 0. The van der Waals surface area contributed by atoms with E-state index in [1.165, 1.54) is 54.8 Å². The van der Waals surface area contributed by atoms with Crippen LogP contribution in [0.5, 0.6) is 0 Å². The fraction of sp³-hybridized carbons (Fsp3) is 0.909. The molecule has 0 saturated carbocycles. The first-order valence-corrected chi connectivity index (χ1v) is 22.8. The van der Waals surface area contributed by atoms with Gasteiger partial charge in [-0.05, 0) is 0 Å². The van der Waals surface area contributed by atoms with Crippen molar-refractivity contribution in [2.45, 2.75) is 100 Å². The Bertz CT molecular complexity index is 469. The second kappa shape index (κ2) is 17.9. The van der Waals surface area contributed by atoms with E-state index in [1.54, 1.807) is 11.8 Å². The van der Waals surface area contributed by atoms with Crippen LogP contribution in [0, 0.1) is 0 Å². The van der Waals surface area contributed by atoms with Gasteiger partial charge in [-0.1, -0.05) is 0 Å². The zero-order valence-electron chi connectivity index (χ0n) is 20.2. The Kier molecular flexibility index (Phi) is 18.7. The molecule has 0 amide bonds. The van der Waals surface area contributed by atoms with Gasteiger partial charge in [-0.15, -0.1) is 0 Å². The molecule has 3 nitrogen and oxygen atoms in total. The summed E-state index contributed by atoms with van der Waals surface area (Å²) in [4.78, 5) is 0. The van der Waals surface area contributed by atoms with Crippen LogP contribution in [0.25, 0.3) is 0 Å². The third-order valence-corrected chi connectivity index (χ3v) is 29.9. The summed E-state index contributed by atoms with van der Waals surface area (Å²) in [6.07, 6.45) is 7.63. The van der Waals surface area contributed by atoms with Crippen LogP contribution in [0.4, 0.5) is 0 Å². The third-order valence-electron chi connectivity index (χ3n) is 5.12. The van der Waals surface area contributed by atoms with Crippen LogP contribution >= 0.6 is 31.1 Å². The van der Waals surface area contributed by atoms with Gasteiger partial charge in [-0.3, -0.25) is 0 Å². The molecule has 0 aliphatic heterocycles. The van der Waals surface area contributed by atoms with Gasteiger partial charge in [0.25, 0.3) is 0 Å². The van der Waals surface area contributed by atoms with Crippen LogP contribution in [-0.4, -0.2) is 43.1 Å². The van der Waals surface area contributed by atoms with Crippen LogP contribution in [0.3, 0.4) is 0 Å². The molecule has 29 heavy (non-hydrogen) atoms. The molecule has 0 fully saturated rings. The maximum absolute atomic E-state index is 14.0. The number of hydrogen-bond donors (Lipinski definition) is 0. The molecule has 0 spiro atoms. The first kappa shape index (κ1) is 30.4. The van der Waals surface area contributed by atoms with E-state index in [1.807, 2.05) is 25.6 Å². The first-order valence-electron chi connectivity index (χ1n) is 11.8. The van der Waals surface area contributed by atoms with E-state index in [-0.39, 0.29) is 0 Å². The third kappa shape index (κ3) is 10.2.